The van der Waals surface area contributed by atoms with Gasteiger partial charge in [0, 0.05) is 20.2 Å². The second-order valence-corrected chi connectivity index (χ2v) is 6.33. The van der Waals surface area contributed by atoms with Gasteiger partial charge in [0.1, 0.15) is 6.04 Å². The van der Waals surface area contributed by atoms with Crippen molar-refractivity contribution in [2.75, 3.05) is 26.8 Å². The molecule has 1 aliphatic heterocycles. The molecule has 0 bridgehead atoms. The highest BCUT2D eigenvalue weighted by atomic mass is 16.5. The molecule has 0 aromatic heterocycles. The van der Waals surface area contributed by atoms with Crippen LogP contribution in [0.2, 0.25) is 0 Å². The molecule has 1 heterocycles. The Bertz CT molecular complexity index is 557. The van der Waals surface area contributed by atoms with Crippen molar-refractivity contribution in [3.63, 3.8) is 0 Å². The third-order valence-corrected chi connectivity index (χ3v) is 4.13. The van der Waals surface area contributed by atoms with E-state index in [9.17, 15) is 9.59 Å². The van der Waals surface area contributed by atoms with Crippen LogP contribution in [0.15, 0.2) is 24.3 Å². The normalized spacial score (nSPS) is 17.3. The molecule has 1 aliphatic rings. The predicted molar refractivity (Wildman–Crippen MR) is 88.9 cm³/mol. The Morgan fingerprint density at radius 3 is 2.83 bits per heavy atom. The summed E-state index contributed by atoms with van der Waals surface area (Å²) in [7, 11) is 1.60. The molecule has 0 saturated carbocycles. The highest BCUT2D eigenvalue weighted by molar-refractivity contribution is 5.92. The van der Waals surface area contributed by atoms with Gasteiger partial charge in [0.05, 0.1) is 13.0 Å². The average molecular weight is 318 g/mol. The van der Waals surface area contributed by atoms with Gasteiger partial charge >= 0.3 is 0 Å². The molecule has 5 nitrogen and oxygen atoms in total. The number of rotatable bonds is 7. The lowest BCUT2D eigenvalue weighted by atomic mass is 9.91. The van der Waals surface area contributed by atoms with Crippen molar-refractivity contribution in [2.24, 2.45) is 5.92 Å². The van der Waals surface area contributed by atoms with E-state index >= 15 is 0 Å². The number of fused-ring (bicyclic) bond motifs is 1. The molecule has 5 heteroatoms. The van der Waals surface area contributed by atoms with Gasteiger partial charge in [-0.3, -0.25) is 9.59 Å². The molecule has 1 N–H and O–H groups in total. The molecule has 0 saturated heterocycles. The van der Waals surface area contributed by atoms with Crippen LogP contribution in [0.1, 0.15) is 37.4 Å². The fourth-order valence-corrected chi connectivity index (χ4v) is 2.85. The van der Waals surface area contributed by atoms with E-state index in [4.69, 9.17) is 4.74 Å². The number of carbonyl (C=O) groups excluding carboxylic acids is 2. The van der Waals surface area contributed by atoms with Gasteiger partial charge in [0.2, 0.25) is 11.8 Å². The molecular formula is C18H26N2O3. The topological polar surface area (TPSA) is 58.6 Å². The summed E-state index contributed by atoms with van der Waals surface area (Å²) in [6.45, 7) is 5.71. The van der Waals surface area contributed by atoms with Crippen molar-refractivity contribution in [1.82, 2.24) is 10.2 Å². The molecule has 2 amide bonds. The number of benzene rings is 1. The number of hydrogen-bond donors (Lipinski definition) is 1. The molecule has 23 heavy (non-hydrogen) atoms. The predicted octanol–water partition coefficient (Wildman–Crippen LogP) is 1.92. The van der Waals surface area contributed by atoms with Crippen LogP contribution in [0, 0.1) is 5.92 Å². The minimum absolute atomic E-state index is 0.0234. The summed E-state index contributed by atoms with van der Waals surface area (Å²) in [6.07, 6.45) is 1.27. The first-order valence-corrected chi connectivity index (χ1v) is 8.18. The Hall–Kier alpha value is -1.88. The highest BCUT2D eigenvalue weighted by Crippen LogP contribution is 2.30. The summed E-state index contributed by atoms with van der Waals surface area (Å²) in [5.41, 5.74) is 1.86. The summed E-state index contributed by atoms with van der Waals surface area (Å²) in [6, 6.07) is 7.13. The van der Waals surface area contributed by atoms with E-state index in [1.165, 1.54) is 0 Å². The molecule has 0 aliphatic carbocycles. The highest BCUT2D eigenvalue weighted by Gasteiger charge is 2.36. The number of hydrogen-bond acceptors (Lipinski definition) is 3. The van der Waals surface area contributed by atoms with Gasteiger partial charge in [-0.1, -0.05) is 38.1 Å². The van der Waals surface area contributed by atoms with E-state index in [1.807, 2.05) is 24.3 Å². The van der Waals surface area contributed by atoms with Crippen LogP contribution in [0.25, 0.3) is 0 Å². The minimum Gasteiger partial charge on any atom is -0.383 e. The zero-order chi connectivity index (χ0) is 16.8. The quantitative estimate of drug-likeness (QED) is 0.835. The Morgan fingerprint density at radius 2 is 2.13 bits per heavy atom. The number of nitrogens with one attached hydrogen (secondary N) is 1. The van der Waals surface area contributed by atoms with Gasteiger partial charge in [-0.15, -0.1) is 0 Å². The molecular weight excluding hydrogens is 292 g/mol. The van der Waals surface area contributed by atoms with Crippen LogP contribution in [0.3, 0.4) is 0 Å². The SMILES string of the molecule is COCCN1C(=O)Cc2ccccc2[C@@H]1C(=O)NCCC(C)C. The van der Waals surface area contributed by atoms with Crippen molar-refractivity contribution >= 4 is 11.8 Å². The summed E-state index contributed by atoms with van der Waals surface area (Å²) in [5, 5.41) is 2.98. The van der Waals surface area contributed by atoms with Gasteiger partial charge in [-0.05, 0) is 23.5 Å². The number of nitrogens with zero attached hydrogens (tertiary/aromatic N) is 1. The van der Waals surface area contributed by atoms with E-state index in [1.54, 1.807) is 12.0 Å². The van der Waals surface area contributed by atoms with Crippen molar-refractivity contribution in [1.29, 1.82) is 0 Å². The van der Waals surface area contributed by atoms with Gasteiger partial charge in [-0.25, -0.2) is 0 Å². The second-order valence-electron chi connectivity index (χ2n) is 6.33. The zero-order valence-corrected chi connectivity index (χ0v) is 14.2. The molecule has 0 unspecified atom stereocenters. The smallest absolute Gasteiger partial charge is 0.247 e. The maximum atomic E-state index is 12.7. The van der Waals surface area contributed by atoms with Crippen LogP contribution in [-0.4, -0.2) is 43.5 Å². The van der Waals surface area contributed by atoms with Gasteiger partial charge in [-0.2, -0.15) is 0 Å². The standard InChI is InChI=1S/C18H26N2O3/c1-13(2)8-9-19-18(22)17-15-7-5-4-6-14(15)12-16(21)20(17)10-11-23-3/h4-7,13,17H,8-12H2,1-3H3,(H,19,22)/t17-/m1/s1. The maximum Gasteiger partial charge on any atom is 0.247 e. The lowest BCUT2D eigenvalue weighted by Crippen LogP contribution is -2.48. The summed E-state index contributed by atoms with van der Waals surface area (Å²) in [5.74, 6) is 0.396. The van der Waals surface area contributed by atoms with E-state index in [-0.39, 0.29) is 11.8 Å². The lowest BCUT2D eigenvalue weighted by molar-refractivity contribution is -0.142. The Morgan fingerprint density at radius 1 is 1.39 bits per heavy atom. The molecule has 2 rings (SSSR count). The molecule has 1 atom stereocenters. The second kappa shape index (κ2) is 8.11. The fourth-order valence-electron chi connectivity index (χ4n) is 2.85. The van der Waals surface area contributed by atoms with Crippen LogP contribution in [-0.2, 0) is 20.7 Å². The van der Waals surface area contributed by atoms with Gasteiger partial charge in [0.25, 0.3) is 0 Å². The third kappa shape index (κ3) is 4.32. The van der Waals surface area contributed by atoms with E-state index in [2.05, 4.69) is 19.2 Å². The van der Waals surface area contributed by atoms with Crippen LogP contribution < -0.4 is 5.32 Å². The van der Waals surface area contributed by atoms with Gasteiger partial charge in [0.15, 0.2) is 0 Å². The van der Waals surface area contributed by atoms with Crippen LogP contribution in [0.4, 0.5) is 0 Å². The fraction of sp³-hybridized carbons (Fsp3) is 0.556. The number of methoxy groups -OCH3 is 1. The van der Waals surface area contributed by atoms with Gasteiger partial charge < -0.3 is 15.0 Å². The van der Waals surface area contributed by atoms with Crippen molar-refractivity contribution < 1.29 is 14.3 Å². The first-order valence-electron chi connectivity index (χ1n) is 8.18. The number of ether oxygens (including phenoxy) is 1. The molecule has 1 aromatic carbocycles. The largest absolute Gasteiger partial charge is 0.383 e. The lowest BCUT2D eigenvalue weighted by Gasteiger charge is -2.36. The molecule has 0 spiro atoms. The van der Waals surface area contributed by atoms with Crippen LogP contribution >= 0.6 is 0 Å². The Kier molecular flexibility index (Phi) is 6.16. The maximum absolute atomic E-state index is 12.7. The zero-order valence-electron chi connectivity index (χ0n) is 14.2. The van der Waals surface area contributed by atoms with Crippen molar-refractivity contribution in [2.45, 2.75) is 32.7 Å². The number of carbonyl (C=O) groups is 2. The van der Waals surface area contributed by atoms with E-state index < -0.39 is 6.04 Å². The minimum atomic E-state index is -0.560. The van der Waals surface area contributed by atoms with Crippen molar-refractivity contribution in [3.8, 4) is 0 Å². The first-order chi connectivity index (χ1) is 11.0. The Labute approximate surface area is 138 Å². The molecule has 1 aromatic rings. The summed E-state index contributed by atoms with van der Waals surface area (Å²) >= 11 is 0. The summed E-state index contributed by atoms with van der Waals surface area (Å²) < 4.78 is 5.10. The van der Waals surface area contributed by atoms with Crippen molar-refractivity contribution in [3.05, 3.63) is 35.4 Å². The summed E-state index contributed by atoms with van der Waals surface area (Å²) in [4.78, 5) is 26.8. The first kappa shape index (κ1) is 17.5. The monoisotopic (exact) mass is 318 g/mol. The van der Waals surface area contributed by atoms with E-state index in [0.717, 1.165) is 17.5 Å². The molecule has 0 radical (unpaired) electrons. The third-order valence-electron chi connectivity index (χ3n) is 4.13. The molecule has 126 valence electrons. The Balaban J connectivity index is 2.21. The van der Waals surface area contributed by atoms with E-state index in [0.29, 0.717) is 32.0 Å². The molecule has 0 fully saturated rings. The average Bonchev–Trinajstić information content (AvgIpc) is 2.51. The van der Waals surface area contributed by atoms with Crippen LogP contribution in [0.5, 0.6) is 0 Å². The number of amides is 2.